The van der Waals surface area contributed by atoms with Crippen molar-refractivity contribution < 1.29 is 8.78 Å². The van der Waals surface area contributed by atoms with Gasteiger partial charge in [-0.05, 0) is 35.6 Å². The van der Waals surface area contributed by atoms with E-state index in [1.54, 1.807) is 6.07 Å². The fraction of sp³-hybridized carbons (Fsp3) is 0.409. The molecule has 0 fully saturated rings. The van der Waals surface area contributed by atoms with Crippen molar-refractivity contribution in [2.75, 3.05) is 0 Å². The van der Waals surface area contributed by atoms with E-state index in [0.29, 0.717) is 11.5 Å². The van der Waals surface area contributed by atoms with Gasteiger partial charge >= 0.3 is 0 Å². The summed E-state index contributed by atoms with van der Waals surface area (Å²) < 4.78 is 27.7. The van der Waals surface area contributed by atoms with Crippen molar-refractivity contribution in [3.05, 3.63) is 59.2 Å². The highest BCUT2D eigenvalue weighted by molar-refractivity contribution is 5.66. The number of hydrogen-bond donors (Lipinski definition) is 0. The summed E-state index contributed by atoms with van der Waals surface area (Å²) in [5, 5.41) is 8.89. The molecule has 0 unspecified atom stereocenters. The topological polar surface area (TPSA) is 23.8 Å². The minimum absolute atomic E-state index is 0.261. The van der Waals surface area contributed by atoms with E-state index in [1.165, 1.54) is 43.7 Å². The maximum absolute atomic E-state index is 14.3. The molecule has 0 spiro atoms. The first-order valence-corrected chi connectivity index (χ1v) is 9.04. The van der Waals surface area contributed by atoms with Crippen LogP contribution in [0.25, 0.3) is 11.1 Å². The van der Waals surface area contributed by atoms with E-state index in [4.69, 9.17) is 5.26 Å². The molecule has 0 bridgehead atoms. The first kappa shape index (κ1) is 19.1. The molecule has 1 nitrogen and oxygen atoms in total. The fourth-order valence-electron chi connectivity index (χ4n) is 3.12. The van der Waals surface area contributed by atoms with Crippen molar-refractivity contribution in [2.45, 2.75) is 52.4 Å². The van der Waals surface area contributed by atoms with Gasteiger partial charge in [-0.25, -0.2) is 8.78 Å². The number of unbranched alkanes of at least 4 members (excludes halogenated alkanes) is 3. The highest BCUT2D eigenvalue weighted by Gasteiger charge is 2.14. The molecule has 0 aliphatic rings. The molecule has 2 rings (SSSR count). The molecule has 0 N–H and O–H groups in total. The SMILES string of the molecule is CCCCCC[C@H](C)Cc1ccc(-c2ccc(F)c(C#N)c2F)cc1. The third kappa shape index (κ3) is 5.13. The zero-order valence-electron chi connectivity index (χ0n) is 15.0. The van der Waals surface area contributed by atoms with Crippen LogP contribution in [-0.4, -0.2) is 0 Å². The Bertz CT molecular complexity index is 729. The van der Waals surface area contributed by atoms with Crippen LogP contribution in [0.15, 0.2) is 36.4 Å². The van der Waals surface area contributed by atoms with Crippen LogP contribution in [0.3, 0.4) is 0 Å². The Labute approximate surface area is 149 Å². The number of nitrogens with zero attached hydrogens (tertiary/aromatic N) is 1. The van der Waals surface area contributed by atoms with E-state index in [1.807, 2.05) is 24.3 Å². The highest BCUT2D eigenvalue weighted by Crippen LogP contribution is 2.27. The largest absolute Gasteiger partial charge is 0.205 e. The number of halogens is 2. The highest BCUT2D eigenvalue weighted by atomic mass is 19.1. The van der Waals surface area contributed by atoms with Gasteiger partial charge in [0.2, 0.25) is 0 Å². The van der Waals surface area contributed by atoms with Gasteiger partial charge in [0, 0.05) is 5.56 Å². The molecule has 0 heterocycles. The van der Waals surface area contributed by atoms with Crippen LogP contribution in [0.1, 0.15) is 57.1 Å². The maximum Gasteiger partial charge on any atom is 0.151 e. The molecular formula is C22H25F2N. The van der Waals surface area contributed by atoms with Crippen LogP contribution in [0.2, 0.25) is 0 Å². The molecule has 2 aromatic carbocycles. The third-order valence-electron chi connectivity index (χ3n) is 4.60. The fourth-order valence-corrected chi connectivity index (χ4v) is 3.12. The molecule has 0 aromatic heterocycles. The Kier molecular flexibility index (Phi) is 7.13. The third-order valence-corrected chi connectivity index (χ3v) is 4.60. The molecule has 0 aliphatic heterocycles. The van der Waals surface area contributed by atoms with Gasteiger partial charge in [0.1, 0.15) is 17.4 Å². The van der Waals surface area contributed by atoms with E-state index >= 15 is 0 Å². The molecule has 3 heteroatoms. The van der Waals surface area contributed by atoms with Gasteiger partial charge in [-0.2, -0.15) is 5.26 Å². The number of hydrogen-bond acceptors (Lipinski definition) is 1. The van der Waals surface area contributed by atoms with Crippen molar-refractivity contribution in [2.24, 2.45) is 5.92 Å². The van der Waals surface area contributed by atoms with Gasteiger partial charge in [-0.3, -0.25) is 0 Å². The molecule has 0 saturated carbocycles. The normalized spacial score (nSPS) is 12.0. The summed E-state index contributed by atoms with van der Waals surface area (Å²) in [6.45, 7) is 4.48. The van der Waals surface area contributed by atoms with Crippen molar-refractivity contribution in [3.8, 4) is 17.2 Å². The predicted molar refractivity (Wildman–Crippen MR) is 98.1 cm³/mol. The summed E-state index contributed by atoms with van der Waals surface area (Å²) in [7, 11) is 0. The Morgan fingerprint density at radius 3 is 2.36 bits per heavy atom. The monoisotopic (exact) mass is 341 g/mol. The summed E-state index contributed by atoms with van der Waals surface area (Å²) >= 11 is 0. The van der Waals surface area contributed by atoms with Gasteiger partial charge in [-0.15, -0.1) is 0 Å². The van der Waals surface area contributed by atoms with E-state index in [-0.39, 0.29) is 5.56 Å². The lowest BCUT2D eigenvalue weighted by molar-refractivity contribution is 0.487. The lowest BCUT2D eigenvalue weighted by Gasteiger charge is -2.12. The first-order chi connectivity index (χ1) is 12.1. The van der Waals surface area contributed by atoms with Crippen LogP contribution in [0.5, 0.6) is 0 Å². The number of rotatable bonds is 8. The minimum atomic E-state index is -0.822. The van der Waals surface area contributed by atoms with E-state index in [9.17, 15) is 8.78 Å². The number of nitriles is 1. The summed E-state index contributed by atoms with van der Waals surface area (Å²) in [6, 6.07) is 11.8. The molecule has 1 atom stereocenters. The van der Waals surface area contributed by atoms with Crippen molar-refractivity contribution >= 4 is 0 Å². The average Bonchev–Trinajstić information content (AvgIpc) is 2.60. The van der Waals surface area contributed by atoms with Crippen molar-refractivity contribution in [3.63, 3.8) is 0 Å². The zero-order chi connectivity index (χ0) is 18.2. The van der Waals surface area contributed by atoms with Crippen molar-refractivity contribution in [1.82, 2.24) is 0 Å². The second-order valence-corrected chi connectivity index (χ2v) is 6.75. The number of benzene rings is 2. The molecule has 0 aliphatic carbocycles. The lowest BCUT2D eigenvalue weighted by atomic mass is 9.94. The smallest absolute Gasteiger partial charge is 0.151 e. The second-order valence-electron chi connectivity index (χ2n) is 6.75. The van der Waals surface area contributed by atoms with Gasteiger partial charge in [-0.1, -0.05) is 70.2 Å². The molecule has 0 radical (unpaired) electrons. The van der Waals surface area contributed by atoms with Gasteiger partial charge < -0.3 is 0 Å². The van der Waals surface area contributed by atoms with Gasteiger partial charge in [0.15, 0.2) is 5.82 Å². The Morgan fingerprint density at radius 1 is 1.00 bits per heavy atom. The zero-order valence-corrected chi connectivity index (χ0v) is 15.0. The standard InChI is InChI=1S/C22H25F2N/c1-3-4-5-6-7-16(2)14-17-8-10-18(11-9-17)19-12-13-21(23)20(15-25)22(19)24/h8-13,16H,3-7,14H2,1-2H3/t16-/m0/s1. The average molecular weight is 341 g/mol. The molecule has 25 heavy (non-hydrogen) atoms. The second kappa shape index (κ2) is 9.32. The summed E-state index contributed by atoms with van der Waals surface area (Å²) in [5.41, 5.74) is 1.61. The van der Waals surface area contributed by atoms with Crippen molar-refractivity contribution in [1.29, 1.82) is 5.26 Å². The van der Waals surface area contributed by atoms with Crippen LogP contribution in [0, 0.1) is 28.9 Å². The predicted octanol–water partition coefficient (Wildman–Crippen LogP) is 6.65. The molecule has 132 valence electrons. The lowest BCUT2D eigenvalue weighted by Crippen LogP contribution is -2.00. The van der Waals surface area contributed by atoms with Crippen LogP contribution in [0.4, 0.5) is 8.78 Å². The minimum Gasteiger partial charge on any atom is -0.205 e. The Morgan fingerprint density at radius 2 is 1.72 bits per heavy atom. The van der Waals surface area contributed by atoms with E-state index in [2.05, 4.69) is 13.8 Å². The van der Waals surface area contributed by atoms with Crippen LogP contribution >= 0.6 is 0 Å². The van der Waals surface area contributed by atoms with Gasteiger partial charge in [0.25, 0.3) is 0 Å². The first-order valence-electron chi connectivity index (χ1n) is 9.04. The van der Waals surface area contributed by atoms with Crippen LogP contribution < -0.4 is 0 Å². The Hall–Kier alpha value is -2.21. The van der Waals surface area contributed by atoms with E-state index in [0.717, 1.165) is 12.5 Å². The van der Waals surface area contributed by atoms with Gasteiger partial charge in [0.05, 0.1) is 0 Å². The molecule has 0 saturated heterocycles. The summed E-state index contributed by atoms with van der Waals surface area (Å²) in [4.78, 5) is 0. The summed E-state index contributed by atoms with van der Waals surface area (Å²) in [5.74, 6) is -0.993. The maximum atomic E-state index is 14.3. The summed E-state index contributed by atoms with van der Waals surface area (Å²) in [6.07, 6.45) is 7.34. The van der Waals surface area contributed by atoms with E-state index < -0.39 is 17.2 Å². The Balaban J connectivity index is 2.04. The molecular weight excluding hydrogens is 316 g/mol. The quantitative estimate of drug-likeness (QED) is 0.493. The molecule has 0 amide bonds. The molecule has 2 aromatic rings. The van der Waals surface area contributed by atoms with Crippen LogP contribution in [-0.2, 0) is 6.42 Å².